The van der Waals surface area contributed by atoms with Gasteiger partial charge in [0.05, 0.1) is 12.7 Å². The summed E-state index contributed by atoms with van der Waals surface area (Å²) in [5.41, 5.74) is 1.28. The van der Waals surface area contributed by atoms with Crippen LogP contribution in [0.15, 0.2) is 24.3 Å². The number of ether oxygens (including phenoxy) is 1. The van der Waals surface area contributed by atoms with Crippen molar-refractivity contribution in [3.63, 3.8) is 0 Å². The van der Waals surface area contributed by atoms with E-state index in [4.69, 9.17) is 0 Å². The van der Waals surface area contributed by atoms with E-state index in [1.807, 2.05) is 6.07 Å². The van der Waals surface area contributed by atoms with Gasteiger partial charge in [0.15, 0.2) is 0 Å². The van der Waals surface area contributed by atoms with Crippen molar-refractivity contribution in [2.75, 3.05) is 7.11 Å². The summed E-state index contributed by atoms with van der Waals surface area (Å²) in [6, 6.07) is 7.07. The van der Waals surface area contributed by atoms with E-state index >= 15 is 0 Å². The minimum absolute atomic E-state index is 0.349. The first-order valence-electron chi connectivity index (χ1n) is 7.95. The highest BCUT2D eigenvalue weighted by Crippen LogP contribution is 2.06. The molecule has 2 nitrogen and oxygen atoms in total. The van der Waals surface area contributed by atoms with Crippen LogP contribution in [0.1, 0.15) is 67.8 Å². The summed E-state index contributed by atoms with van der Waals surface area (Å²) in [5, 5.41) is 0. The molecule has 2 heteroatoms. The third kappa shape index (κ3) is 7.55. The molecule has 0 N–H and O–H groups in total. The van der Waals surface area contributed by atoms with Crippen LogP contribution in [0.3, 0.4) is 0 Å². The van der Waals surface area contributed by atoms with E-state index in [0.717, 1.165) is 18.4 Å². The van der Waals surface area contributed by atoms with Crippen LogP contribution in [0.25, 0.3) is 0 Å². The molecule has 0 radical (unpaired) electrons. The number of hydrogen-bond donors (Lipinski definition) is 0. The SMILES string of the molecule is CCCCCCCCC#CC#Cc1cccc(C(=O)OC)c1. The Balaban J connectivity index is 2.36. The molecule has 0 atom stereocenters. The quantitative estimate of drug-likeness (QED) is 0.418. The van der Waals surface area contributed by atoms with E-state index < -0.39 is 0 Å². The summed E-state index contributed by atoms with van der Waals surface area (Å²) >= 11 is 0. The van der Waals surface area contributed by atoms with Crippen molar-refractivity contribution in [1.82, 2.24) is 0 Å². The van der Waals surface area contributed by atoms with Gasteiger partial charge in [0.1, 0.15) is 0 Å². The van der Waals surface area contributed by atoms with Gasteiger partial charge < -0.3 is 4.74 Å². The monoisotopic (exact) mass is 296 g/mol. The van der Waals surface area contributed by atoms with Gasteiger partial charge in [-0.2, -0.15) is 0 Å². The van der Waals surface area contributed by atoms with Crippen LogP contribution >= 0.6 is 0 Å². The molecular weight excluding hydrogens is 272 g/mol. The number of carbonyl (C=O) groups is 1. The van der Waals surface area contributed by atoms with Crippen molar-refractivity contribution >= 4 is 5.97 Å². The fourth-order valence-corrected chi connectivity index (χ4v) is 2.05. The Bertz CT molecular complexity index is 579. The van der Waals surface area contributed by atoms with Crippen LogP contribution < -0.4 is 0 Å². The van der Waals surface area contributed by atoms with Crippen LogP contribution in [-0.2, 0) is 4.74 Å². The van der Waals surface area contributed by atoms with Gasteiger partial charge in [0.2, 0.25) is 0 Å². The smallest absolute Gasteiger partial charge is 0.337 e. The number of hydrogen-bond acceptors (Lipinski definition) is 2. The highest BCUT2D eigenvalue weighted by atomic mass is 16.5. The molecule has 0 saturated heterocycles. The summed E-state index contributed by atoms with van der Waals surface area (Å²) in [7, 11) is 1.37. The third-order valence-electron chi connectivity index (χ3n) is 3.30. The Hall–Kier alpha value is -2.19. The number of methoxy groups -OCH3 is 1. The van der Waals surface area contributed by atoms with E-state index in [1.54, 1.807) is 18.2 Å². The average Bonchev–Trinajstić information content (AvgIpc) is 2.56. The number of carbonyl (C=O) groups excluding carboxylic acids is 1. The molecule has 0 unspecified atom stereocenters. The molecule has 0 aliphatic heterocycles. The molecule has 1 aromatic carbocycles. The Kier molecular flexibility index (Phi) is 9.31. The standard InChI is InChI=1S/C20H24O2/c1-3-4-5-6-7-8-9-10-11-12-14-18-15-13-16-19(17-18)20(21)22-2/h13,15-17H,3-9H2,1-2H3. The van der Waals surface area contributed by atoms with E-state index in [9.17, 15) is 4.79 Å². The minimum atomic E-state index is -0.349. The average molecular weight is 296 g/mol. The van der Waals surface area contributed by atoms with Crippen LogP contribution in [0.2, 0.25) is 0 Å². The van der Waals surface area contributed by atoms with Crippen LogP contribution in [0.4, 0.5) is 0 Å². The summed E-state index contributed by atoms with van der Waals surface area (Å²) in [6.07, 6.45) is 8.57. The molecule has 1 rings (SSSR count). The number of esters is 1. The highest BCUT2D eigenvalue weighted by molar-refractivity contribution is 5.89. The minimum Gasteiger partial charge on any atom is -0.465 e. The molecule has 0 fully saturated rings. The zero-order valence-corrected chi connectivity index (χ0v) is 13.6. The summed E-state index contributed by atoms with van der Waals surface area (Å²) in [4.78, 5) is 11.4. The molecule has 0 saturated carbocycles. The van der Waals surface area contributed by atoms with Gasteiger partial charge in [-0.05, 0) is 36.5 Å². The number of rotatable bonds is 7. The summed E-state index contributed by atoms with van der Waals surface area (Å²) < 4.78 is 4.68. The maximum Gasteiger partial charge on any atom is 0.337 e. The molecule has 0 heterocycles. The predicted molar refractivity (Wildman–Crippen MR) is 90.4 cm³/mol. The zero-order valence-electron chi connectivity index (χ0n) is 13.6. The predicted octanol–water partition coefficient (Wildman–Crippen LogP) is 4.58. The first-order chi connectivity index (χ1) is 10.8. The van der Waals surface area contributed by atoms with Gasteiger partial charge in [-0.3, -0.25) is 0 Å². The molecular formula is C20H24O2. The van der Waals surface area contributed by atoms with Crippen LogP contribution in [0, 0.1) is 23.7 Å². The normalized spacial score (nSPS) is 9.18. The van der Waals surface area contributed by atoms with Gasteiger partial charge in [-0.25, -0.2) is 4.79 Å². The fraction of sp³-hybridized carbons (Fsp3) is 0.450. The summed E-state index contributed by atoms with van der Waals surface area (Å²) in [6.45, 7) is 2.23. The number of unbranched alkanes of at least 4 members (excludes halogenated alkanes) is 6. The second-order valence-corrected chi connectivity index (χ2v) is 5.14. The Labute approximate surface area is 134 Å². The van der Waals surface area contributed by atoms with E-state index in [0.29, 0.717) is 5.56 Å². The molecule has 0 bridgehead atoms. The highest BCUT2D eigenvalue weighted by Gasteiger charge is 2.03. The van der Waals surface area contributed by atoms with E-state index in [1.165, 1.54) is 39.2 Å². The molecule has 0 aliphatic carbocycles. The van der Waals surface area contributed by atoms with Gasteiger partial charge in [0, 0.05) is 12.0 Å². The van der Waals surface area contributed by atoms with Crippen molar-refractivity contribution in [3.8, 4) is 23.7 Å². The molecule has 22 heavy (non-hydrogen) atoms. The van der Waals surface area contributed by atoms with Gasteiger partial charge >= 0.3 is 5.97 Å². The van der Waals surface area contributed by atoms with Crippen molar-refractivity contribution in [1.29, 1.82) is 0 Å². The number of benzene rings is 1. The van der Waals surface area contributed by atoms with Gasteiger partial charge in [0.25, 0.3) is 0 Å². The first-order valence-corrected chi connectivity index (χ1v) is 7.95. The maximum absolute atomic E-state index is 11.4. The molecule has 1 aromatic rings. The van der Waals surface area contributed by atoms with Crippen molar-refractivity contribution in [2.45, 2.75) is 51.9 Å². The van der Waals surface area contributed by atoms with Gasteiger partial charge in [-0.1, -0.05) is 56.9 Å². The van der Waals surface area contributed by atoms with Crippen molar-refractivity contribution < 1.29 is 9.53 Å². The second-order valence-electron chi connectivity index (χ2n) is 5.14. The second kappa shape index (κ2) is 11.5. The zero-order chi connectivity index (χ0) is 16.0. The molecule has 0 spiro atoms. The van der Waals surface area contributed by atoms with Crippen molar-refractivity contribution in [3.05, 3.63) is 35.4 Å². The first kappa shape index (κ1) is 17.9. The van der Waals surface area contributed by atoms with Crippen LogP contribution in [-0.4, -0.2) is 13.1 Å². The fourth-order valence-electron chi connectivity index (χ4n) is 2.05. The Morgan fingerprint density at radius 3 is 2.64 bits per heavy atom. The Morgan fingerprint density at radius 1 is 1.09 bits per heavy atom. The van der Waals surface area contributed by atoms with Crippen molar-refractivity contribution in [2.24, 2.45) is 0 Å². The van der Waals surface area contributed by atoms with Gasteiger partial charge in [-0.15, -0.1) is 0 Å². The van der Waals surface area contributed by atoms with E-state index in [2.05, 4.69) is 35.3 Å². The topological polar surface area (TPSA) is 26.3 Å². The lowest BCUT2D eigenvalue weighted by atomic mass is 10.1. The Morgan fingerprint density at radius 2 is 1.86 bits per heavy atom. The molecule has 0 aliphatic rings. The molecule has 0 aromatic heterocycles. The molecule has 0 amide bonds. The van der Waals surface area contributed by atoms with E-state index in [-0.39, 0.29) is 5.97 Å². The lowest BCUT2D eigenvalue weighted by molar-refractivity contribution is 0.0600. The third-order valence-corrected chi connectivity index (χ3v) is 3.30. The van der Waals surface area contributed by atoms with Crippen LogP contribution in [0.5, 0.6) is 0 Å². The summed E-state index contributed by atoms with van der Waals surface area (Å²) in [5.74, 6) is 11.4. The largest absolute Gasteiger partial charge is 0.465 e. The lowest BCUT2D eigenvalue weighted by Gasteiger charge is -1.98. The maximum atomic E-state index is 11.4. The lowest BCUT2D eigenvalue weighted by Crippen LogP contribution is -2.00. The molecule has 116 valence electrons.